The first kappa shape index (κ1) is 14.9. The number of aliphatic carboxylic acids is 1. The maximum absolute atomic E-state index is 11.3. The molecule has 0 aliphatic heterocycles. The van der Waals surface area contributed by atoms with Gasteiger partial charge < -0.3 is 16.2 Å². The molecule has 4 N–H and O–H groups in total. The molecule has 1 amide bonds. The van der Waals surface area contributed by atoms with E-state index in [1.807, 2.05) is 13.8 Å². The number of carbonyl (C=O) groups is 2. The highest BCUT2D eigenvalue weighted by Gasteiger charge is 2.11. The van der Waals surface area contributed by atoms with Gasteiger partial charge in [-0.25, -0.2) is 0 Å². The van der Waals surface area contributed by atoms with E-state index in [9.17, 15) is 9.59 Å². The fourth-order valence-corrected chi connectivity index (χ4v) is 1.18. The zero-order chi connectivity index (χ0) is 12.6. The van der Waals surface area contributed by atoms with Crippen molar-refractivity contribution in [1.82, 2.24) is 5.32 Å². The second-order valence-corrected chi connectivity index (χ2v) is 4.04. The summed E-state index contributed by atoms with van der Waals surface area (Å²) in [6.45, 7) is 4.45. The van der Waals surface area contributed by atoms with Gasteiger partial charge in [0, 0.05) is 12.5 Å². The van der Waals surface area contributed by atoms with Gasteiger partial charge in [0.15, 0.2) is 0 Å². The van der Waals surface area contributed by atoms with E-state index in [-0.39, 0.29) is 11.8 Å². The standard InChI is InChI=1S/C11H22N2O3/c1-3-8(2)10(14)13-7-5-4-6-9(12)11(15)16/h8-9H,3-7,12H2,1-2H3,(H,13,14)(H,15,16). The first-order valence-corrected chi connectivity index (χ1v) is 5.75. The normalized spacial score (nSPS) is 14.2. The third kappa shape index (κ3) is 6.40. The van der Waals surface area contributed by atoms with Crippen molar-refractivity contribution in [2.24, 2.45) is 11.7 Å². The second-order valence-electron chi connectivity index (χ2n) is 4.04. The number of carbonyl (C=O) groups excluding carboxylic acids is 1. The Morgan fingerprint density at radius 3 is 2.50 bits per heavy atom. The molecule has 0 fully saturated rings. The third-order valence-corrected chi connectivity index (χ3v) is 2.62. The monoisotopic (exact) mass is 230 g/mol. The van der Waals surface area contributed by atoms with E-state index >= 15 is 0 Å². The number of hydrogen-bond acceptors (Lipinski definition) is 3. The van der Waals surface area contributed by atoms with Gasteiger partial charge in [0.05, 0.1) is 0 Å². The largest absolute Gasteiger partial charge is 0.480 e. The zero-order valence-corrected chi connectivity index (χ0v) is 10.0. The van der Waals surface area contributed by atoms with Gasteiger partial charge in [-0.3, -0.25) is 9.59 Å². The minimum absolute atomic E-state index is 0.0428. The summed E-state index contributed by atoms with van der Waals surface area (Å²) in [5.41, 5.74) is 5.34. The van der Waals surface area contributed by atoms with E-state index in [0.29, 0.717) is 19.4 Å². The molecule has 16 heavy (non-hydrogen) atoms. The van der Waals surface area contributed by atoms with E-state index < -0.39 is 12.0 Å². The number of hydrogen-bond donors (Lipinski definition) is 3. The maximum Gasteiger partial charge on any atom is 0.320 e. The lowest BCUT2D eigenvalue weighted by Crippen LogP contribution is -2.31. The van der Waals surface area contributed by atoms with Crippen molar-refractivity contribution in [3.05, 3.63) is 0 Å². The van der Waals surface area contributed by atoms with Gasteiger partial charge in [-0.05, 0) is 25.7 Å². The second kappa shape index (κ2) is 8.10. The topological polar surface area (TPSA) is 92.4 Å². The summed E-state index contributed by atoms with van der Waals surface area (Å²) in [7, 11) is 0. The predicted octanol–water partition coefficient (Wildman–Crippen LogP) is 0.731. The Morgan fingerprint density at radius 1 is 1.38 bits per heavy atom. The van der Waals surface area contributed by atoms with Crippen LogP contribution in [-0.4, -0.2) is 29.6 Å². The molecule has 2 unspecified atom stereocenters. The molecule has 0 heterocycles. The Kier molecular flexibility index (Phi) is 7.54. The highest BCUT2D eigenvalue weighted by Crippen LogP contribution is 2.01. The molecule has 0 bridgehead atoms. The summed E-state index contributed by atoms with van der Waals surface area (Å²) >= 11 is 0. The lowest BCUT2D eigenvalue weighted by Gasteiger charge is -2.10. The van der Waals surface area contributed by atoms with Gasteiger partial charge in [-0.15, -0.1) is 0 Å². The van der Waals surface area contributed by atoms with Crippen molar-refractivity contribution in [3.8, 4) is 0 Å². The summed E-state index contributed by atoms with van der Waals surface area (Å²) in [4.78, 5) is 21.8. The van der Waals surface area contributed by atoms with Crippen LogP contribution in [0.15, 0.2) is 0 Å². The molecule has 0 aromatic heterocycles. The minimum atomic E-state index is -0.969. The molecule has 2 atom stereocenters. The minimum Gasteiger partial charge on any atom is -0.480 e. The molecule has 0 saturated heterocycles. The average Bonchev–Trinajstić information content (AvgIpc) is 2.26. The lowest BCUT2D eigenvalue weighted by atomic mass is 10.1. The molecular weight excluding hydrogens is 208 g/mol. The molecule has 5 heteroatoms. The van der Waals surface area contributed by atoms with E-state index in [4.69, 9.17) is 10.8 Å². The SMILES string of the molecule is CCC(C)C(=O)NCCCCC(N)C(=O)O. The van der Waals surface area contributed by atoms with Crippen LogP contribution in [0.4, 0.5) is 0 Å². The molecule has 0 aliphatic carbocycles. The summed E-state index contributed by atoms with van der Waals surface area (Å²) in [5, 5.41) is 11.3. The van der Waals surface area contributed by atoms with E-state index in [1.165, 1.54) is 0 Å². The molecule has 0 aliphatic rings. The Balaban J connectivity index is 3.47. The number of amides is 1. The Bertz CT molecular complexity index is 231. The van der Waals surface area contributed by atoms with Gasteiger partial charge in [-0.1, -0.05) is 13.8 Å². The van der Waals surface area contributed by atoms with Crippen LogP contribution in [-0.2, 0) is 9.59 Å². The van der Waals surface area contributed by atoms with Crippen LogP contribution in [0.2, 0.25) is 0 Å². The zero-order valence-electron chi connectivity index (χ0n) is 10.0. The van der Waals surface area contributed by atoms with Crippen LogP contribution in [0.5, 0.6) is 0 Å². The quantitative estimate of drug-likeness (QED) is 0.536. The Labute approximate surface area is 96.4 Å². The summed E-state index contributed by atoms with van der Waals surface area (Å²) in [6, 6.07) is -0.787. The maximum atomic E-state index is 11.3. The fraction of sp³-hybridized carbons (Fsp3) is 0.818. The summed E-state index contributed by atoms with van der Waals surface area (Å²) in [6.07, 6.45) is 2.77. The number of carboxylic acids is 1. The highest BCUT2D eigenvalue weighted by atomic mass is 16.4. The van der Waals surface area contributed by atoms with E-state index in [1.54, 1.807) is 0 Å². The molecule has 0 radical (unpaired) electrons. The molecule has 5 nitrogen and oxygen atoms in total. The molecule has 0 saturated carbocycles. The number of nitrogens with two attached hydrogens (primary N) is 1. The van der Waals surface area contributed by atoms with Crippen molar-refractivity contribution < 1.29 is 14.7 Å². The van der Waals surface area contributed by atoms with Gasteiger partial charge in [-0.2, -0.15) is 0 Å². The smallest absolute Gasteiger partial charge is 0.320 e. The van der Waals surface area contributed by atoms with Crippen molar-refractivity contribution in [1.29, 1.82) is 0 Å². The Morgan fingerprint density at radius 2 is 2.00 bits per heavy atom. The molecule has 0 aromatic carbocycles. The molecule has 94 valence electrons. The van der Waals surface area contributed by atoms with Crippen LogP contribution in [0.25, 0.3) is 0 Å². The lowest BCUT2D eigenvalue weighted by molar-refractivity contribution is -0.138. The van der Waals surface area contributed by atoms with Gasteiger partial charge in [0.2, 0.25) is 5.91 Å². The number of carboxylic acid groups (broad SMARTS) is 1. The molecular formula is C11H22N2O3. The van der Waals surface area contributed by atoms with Crippen LogP contribution >= 0.6 is 0 Å². The fourth-order valence-electron chi connectivity index (χ4n) is 1.18. The third-order valence-electron chi connectivity index (χ3n) is 2.62. The van der Waals surface area contributed by atoms with Crippen LogP contribution < -0.4 is 11.1 Å². The molecule has 0 rings (SSSR count). The van der Waals surface area contributed by atoms with Crippen molar-refractivity contribution in [2.75, 3.05) is 6.54 Å². The average molecular weight is 230 g/mol. The molecule has 0 aromatic rings. The van der Waals surface area contributed by atoms with Crippen LogP contribution in [0, 0.1) is 5.92 Å². The summed E-state index contributed by atoms with van der Waals surface area (Å²) in [5.74, 6) is -0.866. The van der Waals surface area contributed by atoms with Crippen LogP contribution in [0.3, 0.4) is 0 Å². The predicted molar refractivity (Wildman–Crippen MR) is 61.9 cm³/mol. The first-order chi connectivity index (χ1) is 7.49. The van der Waals surface area contributed by atoms with Crippen molar-refractivity contribution in [3.63, 3.8) is 0 Å². The van der Waals surface area contributed by atoms with E-state index in [0.717, 1.165) is 12.8 Å². The highest BCUT2D eigenvalue weighted by molar-refractivity contribution is 5.78. The first-order valence-electron chi connectivity index (χ1n) is 5.75. The molecule has 0 spiro atoms. The van der Waals surface area contributed by atoms with Gasteiger partial charge in [0.1, 0.15) is 6.04 Å². The van der Waals surface area contributed by atoms with Crippen molar-refractivity contribution in [2.45, 2.75) is 45.6 Å². The number of nitrogens with one attached hydrogen (secondary N) is 1. The Hall–Kier alpha value is -1.10. The van der Waals surface area contributed by atoms with Crippen LogP contribution in [0.1, 0.15) is 39.5 Å². The number of unbranched alkanes of at least 4 members (excludes halogenated alkanes) is 1. The van der Waals surface area contributed by atoms with Gasteiger partial charge in [0.25, 0.3) is 0 Å². The van der Waals surface area contributed by atoms with Crippen molar-refractivity contribution >= 4 is 11.9 Å². The van der Waals surface area contributed by atoms with E-state index in [2.05, 4.69) is 5.32 Å². The number of rotatable bonds is 8. The van der Waals surface area contributed by atoms with Gasteiger partial charge >= 0.3 is 5.97 Å². The summed E-state index contributed by atoms with van der Waals surface area (Å²) < 4.78 is 0.